The van der Waals surface area contributed by atoms with Crippen LogP contribution in [0.5, 0.6) is 0 Å². The van der Waals surface area contributed by atoms with Crippen LogP contribution in [0, 0.1) is 5.41 Å². The molecule has 0 aliphatic rings. The predicted octanol–water partition coefficient (Wildman–Crippen LogP) is 3.23. The molecule has 2 unspecified atom stereocenters. The zero-order valence-corrected chi connectivity index (χ0v) is 12.9. The summed E-state index contributed by atoms with van der Waals surface area (Å²) in [7, 11) is 0. The van der Waals surface area contributed by atoms with Crippen molar-refractivity contribution in [1.29, 1.82) is 0 Å². The highest BCUT2D eigenvalue weighted by molar-refractivity contribution is 5.76. The largest absolute Gasteiger partial charge is 0.354 e. The molecule has 0 aromatic carbocycles. The monoisotopic (exact) mass is 256 g/mol. The number of carbonyl (C=O) groups is 1. The number of rotatable bonds is 8. The van der Waals surface area contributed by atoms with Gasteiger partial charge in [0.1, 0.15) is 0 Å². The van der Waals surface area contributed by atoms with Crippen molar-refractivity contribution in [3.05, 3.63) is 0 Å². The topological polar surface area (TPSA) is 55.1 Å². The fourth-order valence-corrected chi connectivity index (χ4v) is 1.79. The fourth-order valence-electron chi connectivity index (χ4n) is 1.79. The quantitative estimate of drug-likeness (QED) is 0.655. The van der Waals surface area contributed by atoms with Crippen LogP contribution >= 0.6 is 0 Å². The van der Waals surface area contributed by atoms with Crippen molar-refractivity contribution in [2.45, 2.75) is 85.2 Å². The van der Waals surface area contributed by atoms with Gasteiger partial charge in [0.15, 0.2) is 0 Å². The molecule has 3 heteroatoms. The zero-order valence-electron chi connectivity index (χ0n) is 12.9. The van der Waals surface area contributed by atoms with Gasteiger partial charge in [0.05, 0.1) is 0 Å². The van der Waals surface area contributed by atoms with Gasteiger partial charge in [-0.15, -0.1) is 0 Å². The van der Waals surface area contributed by atoms with E-state index in [9.17, 15) is 4.79 Å². The van der Waals surface area contributed by atoms with Gasteiger partial charge in [-0.1, -0.05) is 53.4 Å². The molecule has 0 bridgehead atoms. The minimum atomic E-state index is -0.0789. The number of amides is 1. The molecule has 0 aromatic heterocycles. The summed E-state index contributed by atoms with van der Waals surface area (Å²) in [5.74, 6) is 0.0837. The normalized spacial score (nSPS) is 15.2. The summed E-state index contributed by atoms with van der Waals surface area (Å²) in [6, 6.07) is 0.186. The smallest absolute Gasteiger partial charge is 0.221 e. The second-order valence-electron chi connectivity index (χ2n) is 6.49. The molecule has 3 nitrogen and oxygen atoms in total. The first-order valence-corrected chi connectivity index (χ1v) is 7.32. The van der Waals surface area contributed by atoms with Crippen LogP contribution in [0.4, 0.5) is 0 Å². The Labute approximate surface area is 113 Å². The van der Waals surface area contributed by atoms with E-state index in [2.05, 4.69) is 39.9 Å². The van der Waals surface area contributed by atoms with Crippen molar-refractivity contribution >= 4 is 5.91 Å². The van der Waals surface area contributed by atoms with E-state index in [0.29, 0.717) is 6.42 Å². The summed E-state index contributed by atoms with van der Waals surface area (Å²) < 4.78 is 0. The SMILES string of the molecule is CCCCCCC(C)NC(=O)CC(N)C(C)(C)C. The highest BCUT2D eigenvalue weighted by atomic mass is 16.1. The summed E-state index contributed by atoms with van der Waals surface area (Å²) in [6.07, 6.45) is 6.48. The first-order chi connectivity index (χ1) is 8.27. The second-order valence-corrected chi connectivity index (χ2v) is 6.49. The lowest BCUT2D eigenvalue weighted by molar-refractivity contribution is -0.122. The molecule has 0 aliphatic carbocycles. The molecule has 0 fully saturated rings. The first kappa shape index (κ1) is 17.4. The molecule has 0 saturated heterocycles. The highest BCUT2D eigenvalue weighted by Crippen LogP contribution is 2.19. The molecule has 0 aliphatic heterocycles. The number of unbranched alkanes of at least 4 members (excludes halogenated alkanes) is 3. The Kier molecular flexibility index (Phi) is 8.25. The number of nitrogens with two attached hydrogens (primary N) is 1. The Bertz CT molecular complexity index is 233. The van der Waals surface area contributed by atoms with E-state index >= 15 is 0 Å². The fraction of sp³-hybridized carbons (Fsp3) is 0.933. The van der Waals surface area contributed by atoms with Gasteiger partial charge < -0.3 is 11.1 Å². The summed E-state index contributed by atoms with van der Waals surface area (Å²) in [5, 5.41) is 3.04. The van der Waals surface area contributed by atoms with Gasteiger partial charge in [0, 0.05) is 18.5 Å². The lowest BCUT2D eigenvalue weighted by atomic mass is 9.85. The lowest BCUT2D eigenvalue weighted by Crippen LogP contribution is -2.42. The molecule has 0 radical (unpaired) electrons. The van der Waals surface area contributed by atoms with Gasteiger partial charge in [-0.3, -0.25) is 4.79 Å². The molecule has 0 aromatic rings. The molecular weight excluding hydrogens is 224 g/mol. The molecule has 0 spiro atoms. The number of carbonyl (C=O) groups excluding carboxylic acids is 1. The Balaban J connectivity index is 3.80. The highest BCUT2D eigenvalue weighted by Gasteiger charge is 2.23. The lowest BCUT2D eigenvalue weighted by Gasteiger charge is -2.27. The van der Waals surface area contributed by atoms with Crippen LogP contribution in [-0.2, 0) is 4.79 Å². The van der Waals surface area contributed by atoms with Crippen LogP contribution in [0.15, 0.2) is 0 Å². The van der Waals surface area contributed by atoms with Crippen LogP contribution in [0.3, 0.4) is 0 Å². The molecule has 1 amide bonds. The van der Waals surface area contributed by atoms with Crippen LogP contribution in [0.25, 0.3) is 0 Å². The molecule has 108 valence electrons. The number of hydrogen-bond acceptors (Lipinski definition) is 2. The Morgan fingerprint density at radius 3 is 2.33 bits per heavy atom. The van der Waals surface area contributed by atoms with Gasteiger partial charge in [0.2, 0.25) is 5.91 Å². The molecule has 0 heterocycles. The summed E-state index contributed by atoms with van der Waals surface area (Å²) in [6.45, 7) is 10.5. The van der Waals surface area contributed by atoms with Crippen molar-refractivity contribution in [2.24, 2.45) is 11.1 Å². The van der Waals surface area contributed by atoms with E-state index in [1.165, 1.54) is 25.7 Å². The van der Waals surface area contributed by atoms with Crippen LogP contribution in [0.1, 0.15) is 73.1 Å². The average molecular weight is 256 g/mol. The van der Waals surface area contributed by atoms with Gasteiger partial charge >= 0.3 is 0 Å². The van der Waals surface area contributed by atoms with Gasteiger partial charge in [0.25, 0.3) is 0 Å². The van der Waals surface area contributed by atoms with E-state index in [-0.39, 0.29) is 23.4 Å². The van der Waals surface area contributed by atoms with Crippen LogP contribution in [0.2, 0.25) is 0 Å². The molecular formula is C15H32N2O. The van der Waals surface area contributed by atoms with Crippen molar-refractivity contribution in [1.82, 2.24) is 5.32 Å². The minimum absolute atomic E-state index is 0.0122. The average Bonchev–Trinajstić information content (AvgIpc) is 2.22. The third kappa shape index (κ3) is 8.51. The molecule has 0 rings (SSSR count). The summed E-state index contributed by atoms with van der Waals surface area (Å²) in [5.41, 5.74) is 5.99. The Hall–Kier alpha value is -0.570. The van der Waals surface area contributed by atoms with E-state index in [1.54, 1.807) is 0 Å². The number of hydrogen-bond donors (Lipinski definition) is 2. The molecule has 3 N–H and O–H groups in total. The number of nitrogens with one attached hydrogen (secondary N) is 1. The van der Waals surface area contributed by atoms with Gasteiger partial charge in [-0.2, -0.15) is 0 Å². The standard InChI is InChI=1S/C15H32N2O/c1-6-7-8-9-10-12(2)17-14(18)11-13(16)15(3,4)5/h12-13H,6-11,16H2,1-5H3,(H,17,18). The third-order valence-corrected chi connectivity index (χ3v) is 3.42. The first-order valence-electron chi connectivity index (χ1n) is 7.32. The predicted molar refractivity (Wildman–Crippen MR) is 78.4 cm³/mol. The summed E-state index contributed by atoms with van der Waals surface area (Å²) >= 11 is 0. The van der Waals surface area contributed by atoms with Crippen LogP contribution < -0.4 is 11.1 Å². The zero-order chi connectivity index (χ0) is 14.2. The summed E-state index contributed by atoms with van der Waals surface area (Å²) in [4.78, 5) is 11.8. The van der Waals surface area contributed by atoms with Gasteiger partial charge in [-0.25, -0.2) is 0 Å². The van der Waals surface area contributed by atoms with Crippen molar-refractivity contribution in [2.75, 3.05) is 0 Å². The second kappa shape index (κ2) is 8.52. The van der Waals surface area contributed by atoms with Crippen molar-refractivity contribution in [3.63, 3.8) is 0 Å². The van der Waals surface area contributed by atoms with Gasteiger partial charge in [-0.05, 0) is 18.8 Å². The maximum atomic E-state index is 11.8. The van der Waals surface area contributed by atoms with E-state index in [4.69, 9.17) is 5.73 Å². The van der Waals surface area contributed by atoms with Crippen LogP contribution in [-0.4, -0.2) is 18.0 Å². The molecule has 0 saturated carbocycles. The van der Waals surface area contributed by atoms with E-state index in [0.717, 1.165) is 6.42 Å². The molecule has 18 heavy (non-hydrogen) atoms. The van der Waals surface area contributed by atoms with Crippen molar-refractivity contribution in [3.8, 4) is 0 Å². The Morgan fingerprint density at radius 2 is 1.83 bits per heavy atom. The van der Waals surface area contributed by atoms with E-state index in [1.807, 2.05) is 0 Å². The molecule has 2 atom stereocenters. The maximum Gasteiger partial charge on any atom is 0.221 e. The minimum Gasteiger partial charge on any atom is -0.354 e. The van der Waals surface area contributed by atoms with Crippen molar-refractivity contribution < 1.29 is 4.79 Å². The maximum absolute atomic E-state index is 11.8. The third-order valence-electron chi connectivity index (χ3n) is 3.42. The Morgan fingerprint density at radius 1 is 1.22 bits per heavy atom. The van der Waals surface area contributed by atoms with E-state index < -0.39 is 0 Å².